The first-order valence-electron chi connectivity index (χ1n) is 5.42. The minimum absolute atomic E-state index is 0.221. The number of nitrogens with zero attached hydrogens (tertiary/aromatic N) is 1. The second kappa shape index (κ2) is 4.62. The van der Waals surface area contributed by atoms with Gasteiger partial charge in [-0.25, -0.2) is 4.39 Å². The van der Waals surface area contributed by atoms with Crippen molar-refractivity contribution in [3.05, 3.63) is 30.1 Å². The minimum Gasteiger partial charge on any atom is -0.492 e. The highest BCUT2D eigenvalue weighted by molar-refractivity contribution is 5.22. The molecule has 82 valence electrons. The Morgan fingerprint density at radius 3 is 2.67 bits per heavy atom. The Morgan fingerprint density at radius 2 is 2.13 bits per heavy atom. The number of ether oxygens (including phenoxy) is 1. The first-order chi connectivity index (χ1) is 7.29. The molecule has 1 fully saturated rings. The molecule has 0 amide bonds. The highest BCUT2D eigenvalue weighted by Crippen LogP contribution is 2.18. The molecule has 0 N–H and O–H groups in total. The van der Waals surface area contributed by atoms with Crippen LogP contribution in [0.2, 0.25) is 0 Å². The maximum Gasteiger partial charge on any atom is 0.123 e. The average molecular weight is 209 g/mol. The van der Waals surface area contributed by atoms with E-state index in [9.17, 15) is 4.39 Å². The van der Waals surface area contributed by atoms with Gasteiger partial charge >= 0.3 is 0 Å². The van der Waals surface area contributed by atoms with Crippen LogP contribution in [-0.2, 0) is 0 Å². The van der Waals surface area contributed by atoms with E-state index >= 15 is 0 Å². The topological polar surface area (TPSA) is 12.5 Å². The van der Waals surface area contributed by atoms with E-state index in [4.69, 9.17) is 4.74 Å². The Balaban J connectivity index is 1.80. The van der Waals surface area contributed by atoms with Crippen LogP contribution in [0, 0.1) is 5.82 Å². The van der Waals surface area contributed by atoms with Crippen molar-refractivity contribution in [3.63, 3.8) is 0 Å². The summed E-state index contributed by atoms with van der Waals surface area (Å²) in [5.41, 5.74) is 0. The SMILES string of the molecule is CCN1CCC1COc1ccc(F)cc1. The molecule has 2 rings (SSSR count). The molecule has 0 aliphatic carbocycles. The van der Waals surface area contributed by atoms with Crippen molar-refractivity contribution in [2.24, 2.45) is 0 Å². The number of benzene rings is 1. The second-order valence-corrected chi connectivity index (χ2v) is 3.84. The lowest BCUT2D eigenvalue weighted by Gasteiger charge is -2.39. The third-order valence-corrected chi connectivity index (χ3v) is 2.93. The predicted octanol–water partition coefficient (Wildman–Crippen LogP) is 2.30. The van der Waals surface area contributed by atoms with Crippen molar-refractivity contribution >= 4 is 0 Å². The van der Waals surface area contributed by atoms with Crippen molar-refractivity contribution in [2.45, 2.75) is 19.4 Å². The van der Waals surface area contributed by atoms with E-state index in [0.717, 1.165) is 12.3 Å². The Hall–Kier alpha value is -1.09. The summed E-state index contributed by atoms with van der Waals surface area (Å²) in [7, 11) is 0. The van der Waals surface area contributed by atoms with Gasteiger partial charge in [-0.05, 0) is 37.2 Å². The average Bonchev–Trinajstić information content (AvgIpc) is 2.20. The van der Waals surface area contributed by atoms with Gasteiger partial charge in [0.05, 0.1) is 0 Å². The van der Waals surface area contributed by atoms with E-state index < -0.39 is 0 Å². The smallest absolute Gasteiger partial charge is 0.123 e. The lowest BCUT2D eigenvalue weighted by atomic mass is 10.0. The number of halogens is 1. The fraction of sp³-hybridized carbons (Fsp3) is 0.500. The van der Waals surface area contributed by atoms with E-state index in [0.29, 0.717) is 12.6 Å². The number of likely N-dealkylation sites (N-methyl/N-ethyl adjacent to an activating group) is 1. The molecule has 1 saturated heterocycles. The van der Waals surface area contributed by atoms with Gasteiger partial charge in [-0.1, -0.05) is 6.92 Å². The highest BCUT2D eigenvalue weighted by atomic mass is 19.1. The van der Waals surface area contributed by atoms with Gasteiger partial charge in [0.15, 0.2) is 0 Å². The molecule has 0 spiro atoms. The van der Waals surface area contributed by atoms with Gasteiger partial charge in [0.2, 0.25) is 0 Å². The molecule has 2 nitrogen and oxygen atoms in total. The van der Waals surface area contributed by atoms with E-state index in [-0.39, 0.29) is 5.82 Å². The summed E-state index contributed by atoms with van der Waals surface area (Å²) in [6, 6.07) is 6.73. The highest BCUT2D eigenvalue weighted by Gasteiger charge is 2.26. The van der Waals surface area contributed by atoms with Crippen LogP contribution in [-0.4, -0.2) is 30.6 Å². The largest absolute Gasteiger partial charge is 0.492 e. The van der Waals surface area contributed by atoms with Crippen LogP contribution in [0.1, 0.15) is 13.3 Å². The van der Waals surface area contributed by atoms with Crippen LogP contribution in [0.5, 0.6) is 5.75 Å². The van der Waals surface area contributed by atoms with Crippen LogP contribution < -0.4 is 4.74 Å². The Morgan fingerprint density at radius 1 is 1.40 bits per heavy atom. The molecule has 1 heterocycles. The van der Waals surface area contributed by atoms with E-state index in [2.05, 4.69) is 11.8 Å². The second-order valence-electron chi connectivity index (χ2n) is 3.84. The number of hydrogen-bond acceptors (Lipinski definition) is 2. The summed E-state index contributed by atoms with van der Waals surface area (Å²) < 4.78 is 18.2. The van der Waals surface area contributed by atoms with Gasteiger partial charge in [-0.15, -0.1) is 0 Å². The predicted molar refractivity (Wildman–Crippen MR) is 57.5 cm³/mol. The van der Waals surface area contributed by atoms with Gasteiger partial charge < -0.3 is 4.74 Å². The molecule has 15 heavy (non-hydrogen) atoms. The maximum atomic E-state index is 12.6. The van der Waals surface area contributed by atoms with Crippen LogP contribution in [0.4, 0.5) is 4.39 Å². The quantitative estimate of drug-likeness (QED) is 0.754. The zero-order chi connectivity index (χ0) is 10.7. The molecule has 3 heteroatoms. The van der Waals surface area contributed by atoms with Crippen molar-refractivity contribution in [1.82, 2.24) is 4.90 Å². The lowest BCUT2D eigenvalue weighted by molar-refractivity contribution is 0.0561. The Bertz CT molecular complexity index is 310. The van der Waals surface area contributed by atoms with Crippen molar-refractivity contribution in [1.29, 1.82) is 0 Å². The Labute approximate surface area is 89.7 Å². The summed E-state index contributed by atoms with van der Waals surface area (Å²) in [4.78, 5) is 2.38. The molecule has 1 aliphatic rings. The Kier molecular flexibility index (Phi) is 3.21. The number of hydrogen-bond donors (Lipinski definition) is 0. The molecule has 1 unspecified atom stereocenters. The molecular formula is C12H16FNO. The molecule has 1 aliphatic heterocycles. The first kappa shape index (κ1) is 10.4. The van der Waals surface area contributed by atoms with Crippen molar-refractivity contribution in [3.8, 4) is 5.75 Å². The zero-order valence-electron chi connectivity index (χ0n) is 8.95. The van der Waals surface area contributed by atoms with Crippen LogP contribution in [0.25, 0.3) is 0 Å². The molecule has 0 saturated carbocycles. The van der Waals surface area contributed by atoms with Gasteiger partial charge in [0.1, 0.15) is 18.2 Å². The fourth-order valence-electron chi connectivity index (χ4n) is 1.82. The van der Waals surface area contributed by atoms with Crippen LogP contribution in [0.3, 0.4) is 0 Å². The number of likely N-dealkylation sites (tertiary alicyclic amines) is 1. The lowest BCUT2D eigenvalue weighted by Crippen LogP contribution is -2.50. The van der Waals surface area contributed by atoms with Gasteiger partial charge in [0.25, 0.3) is 0 Å². The zero-order valence-corrected chi connectivity index (χ0v) is 8.95. The normalized spacial score (nSPS) is 21.1. The van der Waals surface area contributed by atoms with Crippen molar-refractivity contribution in [2.75, 3.05) is 19.7 Å². The molecule has 1 aromatic rings. The minimum atomic E-state index is -0.221. The summed E-state index contributed by atoms with van der Waals surface area (Å²) in [5.74, 6) is 0.528. The van der Waals surface area contributed by atoms with E-state index in [1.807, 2.05) is 0 Å². The molecule has 1 aromatic carbocycles. The first-order valence-corrected chi connectivity index (χ1v) is 5.42. The fourth-order valence-corrected chi connectivity index (χ4v) is 1.82. The van der Waals surface area contributed by atoms with Crippen LogP contribution >= 0.6 is 0 Å². The summed E-state index contributed by atoms with van der Waals surface area (Å²) in [6.45, 7) is 5.12. The molecule has 0 bridgehead atoms. The molecule has 1 atom stereocenters. The summed E-state index contributed by atoms with van der Waals surface area (Å²) in [6.07, 6.45) is 1.20. The molecule has 0 radical (unpaired) electrons. The third-order valence-electron chi connectivity index (χ3n) is 2.93. The molecular weight excluding hydrogens is 193 g/mol. The summed E-state index contributed by atoms with van der Waals surface area (Å²) in [5, 5.41) is 0. The van der Waals surface area contributed by atoms with Gasteiger partial charge in [-0.2, -0.15) is 0 Å². The third kappa shape index (κ3) is 2.48. The number of rotatable bonds is 4. The standard InChI is InChI=1S/C12H16FNO/c1-2-14-8-7-11(14)9-15-12-5-3-10(13)4-6-12/h3-6,11H,2,7-9H2,1H3. The van der Waals surface area contributed by atoms with Crippen LogP contribution in [0.15, 0.2) is 24.3 Å². The van der Waals surface area contributed by atoms with Gasteiger partial charge in [0, 0.05) is 12.6 Å². The maximum absolute atomic E-state index is 12.6. The van der Waals surface area contributed by atoms with Gasteiger partial charge in [-0.3, -0.25) is 4.90 Å². The van der Waals surface area contributed by atoms with E-state index in [1.54, 1.807) is 12.1 Å². The van der Waals surface area contributed by atoms with Crippen molar-refractivity contribution < 1.29 is 9.13 Å². The molecule has 0 aromatic heterocycles. The summed E-state index contributed by atoms with van der Waals surface area (Å²) >= 11 is 0. The monoisotopic (exact) mass is 209 g/mol. The van der Waals surface area contributed by atoms with E-state index in [1.165, 1.54) is 25.1 Å².